The number of nitrogens with zero attached hydrogens (tertiary/aromatic N) is 3. The third-order valence-electron chi connectivity index (χ3n) is 5.06. The molecule has 0 saturated heterocycles. The minimum Gasteiger partial charge on any atom is -0.495 e. The number of hydrogen-bond donors (Lipinski definition) is 2. The van der Waals surface area contributed by atoms with Crippen LogP contribution in [-0.2, 0) is 12.7 Å². The van der Waals surface area contributed by atoms with Gasteiger partial charge in [0.05, 0.1) is 24.0 Å². The quantitative estimate of drug-likeness (QED) is 0.338. The van der Waals surface area contributed by atoms with E-state index in [1.54, 1.807) is 30.9 Å². The summed E-state index contributed by atoms with van der Waals surface area (Å²) >= 11 is 0. The van der Waals surface area contributed by atoms with Crippen molar-refractivity contribution in [3.8, 4) is 17.1 Å². The van der Waals surface area contributed by atoms with E-state index in [4.69, 9.17) is 4.74 Å². The van der Waals surface area contributed by atoms with E-state index in [1.165, 1.54) is 19.2 Å². The van der Waals surface area contributed by atoms with Gasteiger partial charge >= 0.3 is 12.2 Å². The van der Waals surface area contributed by atoms with Gasteiger partial charge in [-0.3, -0.25) is 4.98 Å². The molecule has 180 valence electrons. The average molecular weight is 485 g/mol. The Morgan fingerprint density at radius 3 is 2.46 bits per heavy atom. The predicted octanol–water partition coefficient (Wildman–Crippen LogP) is 5.80. The topological polar surface area (TPSA) is 81.1 Å². The van der Waals surface area contributed by atoms with Crippen molar-refractivity contribution in [3.63, 3.8) is 0 Å². The number of rotatable bonds is 6. The highest BCUT2D eigenvalue weighted by atomic mass is 19.4. The van der Waals surface area contributed by atoms with Gasteiger partial charge in [-0.1, -0.05) is 6.07 Å². The molecular formula is C24H19F4N5O2. The van der Waals surface area contributed by atoms with Crippen molar-refractivity contribution >= 4 is 17.4 Å². The van der Waals surface area contributed by atoms with Crippen LogP contribution in [0.15, 0.2) is 73.3 Å². The van der Waals surface area contributed by atoms with Crippen molar-refractivity contribution in [2.45, 2.75) is 12.7 Å². The monoisotopic (exact) mass is 485 g/mol. The zero-order chi connectivity index (χ0) is 25.0. The van der Waals surface area contributed by atoms with Gasteiger partial charge in [0, 0.05) is 36.9 Å². The molecule has 0 spiro atoms. The summed E-state index contributed by atoms with van der Waals surface area (Å²) in [6, 6.07) is 9.54. The number of benzene rings is 2. The molecule has 0 bridgehead atoms. The van der Waals surface area contributed by atoms with E-state index in [0.717, 1.165) is 23.8 Å². The van der Waals surface area contributed by atoms with E-state index < -0.39 is 23.6 Å². The molecule has 2 N–H and O–H groups in total. The van der Waals surface area contributed by atoms with Crippen LogP contribution in [0.2, 0.25) is 0 Å². The smallest absolute Gasteiger partial charge is 0.416 e. The number of hydrogen-bond acceptors (Lipinski definition) is 4. The lowest BCUT2D eigenvalue weighted by Gasteiger charge is -2.15. The Morgan fingerprint density at radius 2 is 1.74 bits per heavy atom. The molecule has 35 heavy (non-hydrogen) atoms. The molecule has 4 rings (SSSR count). The molecule has 0 unspecified atom stereocenters. The minimum atomic E-state index is -4.61. The molecule has 0 aliphatic rings. The van der Waals surface area contributed by atoms with Crippen molar-refractivity contribution in [1.29, 1.82) is 0 Å². The summed E-state index contributed by atoms with van der Waals surface area (Å²) in [7, 11) is 1.26. The van der Waals surface area contributed by atoms with Crippen molar-refractivity contribution in [2.75, 3.05) is 17.7 Å². The van der Waals surface area contributed by atoms with Crippen LogP contribution in [0.1, 0.15) is 11.1 Å². The maximum atomic E-state index is 14.4. The zero-order valence-electron chi connectivity index (χ0n) is 18.3. The number of imidazole rings is 1. The highest BCUT2D eigenvalue weighted by molar-refractivity contribution is 6.00. The molecule has 2 amide bonds. The van der Waals surface area contributed by atoms with Gasteiger partial charge in [0.25, 0.3) is 0 Å². The number of nitrogens with one attached hydrogen (secondary N) is 2. The number of pyridine rings is 1. The molecule has 0 aliphatic heterocycles. The summed E-state index contributed by atoms with van der Waals surface area (Å²) in [5, 5.41) is 4.62. The number of anilines is 2. The van der Waals surface area contributed by atoms with Gasteiger partial charge in [-0.2, -0.15) is 13.2 Å². The Hall–Kier alpha value is -4.41. The van der Waals surface area contributed by atoms with Crippen LogP contribution < -0.4 is 15.4 Å². The molecule has 0 fully saturated rings. The molecule has 11 heteroatoms. The van der Waals surface area contributed by atoms with Crippen LogP contribution in [0, 0.1) is 5.82 Å². The van der Waals surface area contributed by atoms with Gasteiger partial charge in [-0.05, 0) is 48.0 Å². The van der Waals surface area contributed by atoms with Crippen molar-refractivity contribution < 1.29 is 27.1 Å². The van der Waals surface area contributed by atoms with Gasteiger partial charge in [0.2, 0.25) is 0 Å². The van der Waals surface area contributed by atoms with Crippen LogP contribution in [0.3, 0.4) is 0 Å². The van der Waals surface area contributed by atoms with Gasteiger partial charge in [-0.25, -0.2) is 14.2 Å². The SMILES string of the molecule is COc1ccc(C(F)(F)F)cc1NC(=O)Nc1cc(Cn2ccnc2-c2ccncc2)ccc1F. The third kappa shape index (κ3) is 5.57. The Kier molecular flexibility index (Phi) is 6.67. The fourth-order valence-corrected chi connectivity index (χ4v) is 3.42. The Morgan fingerprint density at radius 1 is 1.00 bits per heavy atom. The lowest BCUT2D eigenvalue weighted by molar-refractivity contribution is -0.137. The van der Waals surface area contributed by atoms with Gasteiger partial charge < -0.3 is 19.9 Å². The number of halogens is 4. The number of ether oxygens (including phenoxy) is 1. The number of alkyl halides is 3. The molecule has 4 aromatic rings. The number of amides is 2. The van der Waals surface area contributed by atoms with Crippen LogP contribution in [-0.4, -0.2) is 27.7 Å². The molecule has 7 nitrogen and oxygen atoms in total. The minimum absolute atomic E-state index is 0.0196. The molecular weight excluding hydrogens is 466 g/mol. The maximum Gasteiger partial charge on any atom is 0.416 e. The average Bonchev–Trinajstić information content (AvgIpc) is 3.29. The van der Waals surface area contributed by atoms with Crippen LogP contribution in [0.25, 0.3) is 11.4 Å². The molecule has 0 aliphatic carbocycles. The van der Waals surface area contributed by atoms with E-state index in [-0.39, 0.29) is 17.1 Å². The van der Waals surface area contributed by atoms with Gasteiger partial charge in [0.1, 0.15) is 17.4 Å². The first-order valence-corrected chi connectivity index (χ1v) is 10.3. The second kappa shape index (κ2) is 9.84. The second-order valence-electron chi connectivity index (χ2n) is 7.42. The summed E-state index contributed by atoms with van der Waals surface area (Å²) in [4.78, 5) is 20.8. The van der Waals surface area contributed by atoms with E-state index in [2.05, 4.69) is 20.6 Å². The summed E-state index contributed by atoms with van der Waals surface area (Å²) in [5.74, 6) is -0.00774. The lowest BCUT2D eigenvalue weighted by Crippen LogP contribution is -2.21. The summed E-state index contributed by atoms with van der Waals surface area (Å²) < 4.78 is 60.4. The highest BCUT2D eigenvalue weighted by Crippen LogP contribution is 2.35. The van der Waals surface area contributed by atoms with Crippen molar-refractivity contribution in [3.05, 3.63) is 90.3 Å². The fraction of sp³-hybridized carbons (Fsp3) is 0.125. The van der Waals surface area contributed by atoms with Gasteiger partial charge in [-0.15, -0.1) is 0 Å². The zero-order valence-corrected chi connectivity index (χ0v) is 18.3. The number of carbonyl (C=O) groups excluding carboxylic acids is 1. The van der Waals surface area contributed by atoms with E-state index in [9.17, 15) is 22.4 Å². The maximum absolute atomic E-state index is 14.4. The molecule has 2 aromatic heterocycles. The molecule has 0 saturated carbocycles. The predicted molar refractivity (Wildman–Crippen MR) is 122 cm³/mol. The summed E-state index contributed by atoms with van der Waals surface area (Å²) in [5.41, 5.74) is 0.187. The number of carbonyl (C=O) groups is 1. The lowest BCUT2D eigenvalue weighted by atomic mass is 10.1. The van der Waals surface area contributed by atoms with E-state index >= 15 is 0 Å². The Bertz CT molecular complexity index is 1340. The largest absolute Gasteiger partial charge is 0.495 e. The van der Waals surface area contributed by atoms with E-state index in [1.807, 2.05) is 16.7 Å². The number of methoxy groups -OCH3 is 1. The Balaban J connectivity index is 1.52. The summed E-state index contributed by atoms with van der Waals surface area (Å²) in [6.07, 6.45) is 2.08. The Labute approximate surface area is 197 Å². The normalized spacial score (nSPS) is 11.2. The number of urea groups is 1. The number of aromatic nitrogens is 3. The van der Waals surface area contributed by atoms with Crippen molar-refractivity contribution in [1.82, 2.24) is 14.5 Å². The van der Waals surface area contributed by atoms with Crippen LogP contribution in [0.4, 0.5) is 33.7 Å². The second-order valence-corrected chi connectivity index (χ2v) is 7.42. The fourth-order valence-electron chi connectivity index (χ4n) is 3.42. The first-order chi connectivity index (χ1) is 16.7. The highest BCUT2D eigenvalue weighted by Gasteiger charge is 2.31. The molecule has 0 radical (unpaired) electrons. The third-order valence-corrected chi connectivity index (χ3v) is 5.06. The van der Waals surface area contributed by atoms with Crippen LogP contribution in [0.5, 0.6) is 5.75 Å². The van der Waals surface area contributed by atoms with Crippen LogP contribution >= 0.6 is 0 Å². The van der Waals surface area contributed by atoms with Crippen molar-refractivity contribution in [2.24, 2.45) is 0 Å². The summed E-state index contributed by atoms with van der Waals surface area (Å²) in [6.45, 7) is 0.329. The van der Waals surface area contributed by atoms with E-state index in [0.29, 0.717) is 17.9 Å². The molecule has 0 atom stereocenters. The first-order valence-electron chi connectivity index (χ1n) is 10.3. The standard InChI is InChI=1S/C24H19F4N5O2/c1-35-21-5-3-17(24(26,27)28)13-20(21)32-23(34)31-19-12-15(2-4-18(19)25)14-33-11-10-30-22(33)16-6-8-29-9-7-16/h2-13H,14H2,1H3,(H2,31,32,34). The first kappa shape index (κ1) is 23.7. The molecule has 2 aromatic carbocycles. The van der Waals surface area contributed by atoms with Gasteiger partial charge in [0.15, 0.2) is 0 Å². The molecule has 2 heterocycles.